The van der Waals surface area contributed by atoms with Gasteiger partial charge < -0.3 is 4.74 Å². The van der Waals surface area contributed by atoms with Crippen molar-refractivity contribution in [2.24, 2.45) is 0 Å². The van der Waals surface area contributed by atoms with E-state index in [0.717, 1.165) is 0 Å². The largest absolute Gasteiger partial charge is 0.456 e. The van der Waals surface area contributed by atoms with Crippen LogP contribution in [0.2, 0.25) is 5.02 Å². The first-order chi connectivity index (χ1) is 8.16. The van der Waals surface area contributed by atoms with Crippen molar-refractivity contribution in [1.29, 1.82) is 0 Å². The van der Waals surface area contributed by atoms with E-state index >= 15 is 0 Å². The summed E-state index contributed by atoms with van der Waals surface area (Å²) in [5.74, 6) is 0.849. The first-order valence-electron chi connectivity index (χ1n) is 4.83. The van der Waals surface area contributed by atoms with Crippen LogP contribution in [0.5, 0.6) is 11.5 Å². The lowest BCUT2D eigenvalue weighted by atomic mass is 10.3. The lowest BCUT2D eigenvalue weighted by Gasteiger charge is -2.06. The van der Waals surface area contributed by atoms with Gasteiger partial charge in [-0.25, -0.2) is 0 Å². The molecule has 0 aliphatic rings. The molecule has 0 unspecified atom stereocenters. The monoisotopic (exact) mass is 249 g/mol. The molecule has 0 saturated heterocycles. The number of para-hydroxylation sites is 1. The fourth-order valence-corrected chi connectivity index (χ4v) is 1.46. The summed E-state index contributed by atoms with van der Waals surface area (Å²) in [5.41, 5.74) is -0.0552. The number of rotatable bonds is 3. The predicted octanol–water partition coefficient (Wildman–Crippen LogP) is 4.04. The number of nitrogens with zero attached hydrogens (tertiary/aromatic N) is 1. The first-order valence-corrected chi connectivity index (χ1v) is 5.21. The minimum Gasteiger partial charge on any atom is -0.456 e. The van der Waals surface area contributed by atoms with Crippen molar-refractivity contribution >= 4 is 17.3 Å². The quantitative estimate of drug-likeness (QED) is 0.609. The van der Waals surface area contributed by atoms with E-state index in [2.05, 4.69) is 0 Å². The molecular formula is C12H8ClNO3. The molecule has 0 aliphatic heterocycles. The van der Waals surface area contributed by atoms with Crippen LogP contribution < -0.4 is 4.74 Å². The highest BCUT2D eigenvalue weighted by Crippen LogP contribution is 2.32. The molecule has 0 aliphatic carbocycles. The molecule has 2 aromatic rings. The number of halogens is 1. The van der Waals surface area contributed by atoms with Crippen molar-refractivity contribution in [3.63, 3.8) is 0 Å². The number of hydrogen-bond acceptors (Lipinski definition) is 3. The second-order valence-corrected chi connectivity index (χ2v) is 3.69. The van der Waals surface area contributed by atoms with Crippen LogP contribution in [0.3, 0.4) is 0 Å². The zero-order valence-corrected chi connectivity index (χ0v) is 9.42. The van der Waals surface area contributed by atoms with Crippen LogP contribution in [0.1, 0.15) is 0 Å². The van der Waals surface area contributed by atoms with Crippen LogP contribution in [0.25, 0.3) is 0 Å². The molecule has 0 saturated carbocycles. The molecule has 86 valence electrons. The van der Waals surface area contributed by atoms with Gasteiger partial charge in [0.25, 0.3) is 5.69 Å². The Balaban J connectivity index is 2.32. The second-order valence-electron chi connectivity index (χ2n) is 3.29. The van der Waals surface area contributed by atoms with Gasteiger partial charge in [-0.3, -0.25) is 10.1 Å². The van der Waals surface area contributed by atoms with Crippen LogP contribution in [0.15, 0.2) is 48.5 Å². The number of nitro benzene ring substituents is 1. The zero-order chi connectivity index (χ0) is 12.3. The highest BCUT2D eigenvalue weighted by molar-refractivity contribution is 6.32. The first kappa shape index (κ1) is 11.4. The fraction of sp³-hybridized carbons (Fsp3) is 0. The molecule has 0 atom stereocenters. The van der Waals surface area contributed by atoms with Gasteiger partial charge in [-0.15, -0.1) is 0 Å². The molecule has 2 aromatic carbocycles. The van der Waals surface area contributed by atoms with Gasteiger partial charge in [0, 0.05) is 6.07 Å². The maximum absolute atomic E-state index is 10.6. The van der Waals surface area contributed by atoms with Crippen LogP contribution in [-0.2, 0) is 0 Å². The predicted molar refractivity (Wildman–Crippen MR) is 64.6 cm³/mol. The van der Waals surface area contributed by atoms with Gasteiger partial charge >= 0.3 is 0 Å². The summed E-state index contributed by atoms with van der Waals surface area (Å²) in [6, 6.07) is 13.0. The molecule has 0 spiro atoms. The average Bonchev–Trinajstić information content (AvgIpc) is 2.33. The van der Waals surface area contributed by atoms with Crippen molar-refractivity contribution in [1.82, 2.24) is 0 Å². The van der Waals surface area contributed by atoms with Crippen LogP contribution in [0, 0.1) is 10.1 Å². The molecule has 0 fully saturated rings. The van der Waals surface area contributed by atoms with E-state index < -0.39 is 4.92 Å². The Hall–Kier alpha value is -2.07. The van der Waals surface area contributed by atoms with E-state index in [1.165, 1.54) is 18.2 Å². The Labute approximate surface area is 103 Å². The molecule has 2 rings (SSSR count). The van der Waals surface area contributed by atoms with E-state index in [0.29, 0.717) is 10.8 Å². The molecule has 0 amide bonds. The van der Waals surface area contributed by atoms with Crippen molar-refractivity contribution in [3.8, 4) is 11.5 Å². The van der Waals surface area contributed by atoms with Crippen LogP contribution >= 0.6 is 11.6 Å². The number of benzene rings is 2. The van der Waals surface area contributed by atoms with Gasteiger partial charge in [0.15, 0.2) is 5.75 Å². The van der Waals surface area contributed by atoms with Gasteiger partial charge in [-0.2, -0.15) is 0 Å². The zero-order valence-electron chi connectivity index (χ0n) is 8.67. The lowest BCUT2D eigenvalue weighted by molar-refractivity contribution is -0.384. The van der Waals surface area contributed by atoms with Gasteiger partial charge in [0.2, 0.25) is 0 Å². The molecule has 0 radical (unpaired) electrons. The third-order valence-corrected chi connectivity index (χ3v) is 2.41. The molecule has 5 heteroatoms. The Bertz CT molecular complexity index is 543. The second kappa shape index (κ2) is 4.84. The number of non-ortho nitro benzene ring substituents is 1. The van der Waals surface area contributed by atoms with Gasteiger partial charge in [-0.1, -0.05) is 29.8 Å². The van der Waals surface area contributed by atoms with Crippen LogP contribution in [-0.4, -0.2) is 4.92 Å². The highest BCUT2D eigenvalue weighted by atomic mass is 35.5. The normalized spacial score (nSPS) is 9.94. The van der Waals surface area contributed by atoms with Gasteiger partial charge in [0.05, 0.1) is 16.0 Å². The maximum Gasteiger partial charge on any atom is 0.273 e. The van der Waals surface area contributed by atoms with E-state index in [1.54, 1.807) is 24.3 Å². The Morgan fingerprint density at radius 3 is 2.47 bits per heavy atom. The van der Waals surface area contributed by atoms with E-state index in [9.17, 15) is 10.1 Å². The third-order valence-electron chi connectivity index (χ3n) is 2.10. The summed E-state index contributed by atoms with van der Waals surface area (Å²) in [6.45, 7) is 0. The molecule has 0 heterocycles. The molecule has 4 nitrogen and oxygen atoms in total. The summed E-state index contributed by atoms with van der Waals surface area (Å²) in [5, 5.41) is 11.0. The molecule has 17 heavy (non-hydrogen) atoms. The molecule has 0 aromatic heterocycles. The van der Waals surface area contributed by atoms with Crippen LogP contribution in [0.4, 0.5) is 5.69 Å². The lowest BCUT2D eigenvalue weighted by Crippen LogP contribution is -1.90. The van der Waals surface area contributed by atoms with E-state index in [1.807, 2.05) is 6.07 Å². The fourth-order valence-electron chi connectivity index (χ4n) is 1.30. The minimum atomic E-state index is -0.492. The summed E-state index contributed by atoms with van der Waals surface area (Å²) < 4.78 is 5.46. The van der Waals surface area contributed by atoms with Crippen molar-refractivity contribution < 1.29 is 9.66 Å². The van der Waals surface area contributed by atoms with E-state index in [-0.39, 0.29) is 11.4 Å². The summed E-state index contributed by atoms with van der Waals surface area (Å²) >= 11 is 5.90. The molecule has 0 N–H and O–H groups in total. The maximum atomic E-state index is 10.6. The smallest absolute Gasteiger partial charge is 0.273 e. The molecule has 0 bridgehead atoms. The van der Waals surface area contributed by atoms with Gasteiger partial charge in [-0.05, 0) is 18.2 Å². The highest BCUT2D eigenvalue weighted by Gasteiger charge is 2.11. The number of nitro groups is 1. The Kier molecular flexibility index (Phi) is 3.25. The topological polar surface area (TPSA) is 52.4 Å². The Morgan fingerprint density at radius 1 is 1.12 bits per heavy atom. The number of hydrogen-bond donors (Lipinski definition) is 0. The van der Waals surface area contributed by atoms with Crippen molar-refractivity contribution in [3.05, 3.63) is 63.7 Å². The Morgan fingerprint density at radius 2 is 1.82 bits per heavy atom. The summed E-state index contributed by atoms with van der Waals surface area (Å²) in [4.78, 5) is 10.1. The SMILES string of the molecule is O=[N+]([O-])c1ccc(Cl)c(Oc2ccccc2)c1. The average molecular weight is 250 g/mol. The summed E-state index contributed by atoms with van der Waals surface area (Å²) in [6.07, 6.45) is 0. The van der Waals surface area contributed by atoms with Crippen molar-refractivity contribution in [2.45, 2.75) is 0 Å². The third kappa shape index (κ3) is 2.73. The van der Waals surface area contributed by atoms with Gasteiger partial charge in [0.1, 0.15) is 5.75 Å². The van der Waals surface area contributed by atoms with Crippen molar-refractivity contribution in [2.75, 3.05) is 0 Å². The molecular weight excluding hydrogens is 242 g/mol. The van der Waals surface area contributed by atoms with E-state index in [4.69, 9.17) is 16.3 Å². The summed E-state index contributed by atoms with van der Waals surface area (Å²) in [7, 11) is 0. The number of ether oxygens (including phenoxy) is 1. The minimum absolute atomic E-state index is 0.0552. The standard InChI is InChI=1S/C12H8ClNO3/c13-11-7-6-9(14(15)16)8-12(11)17-10-4-2-1-3-5-10/h1-8H.